The topological polar surface area (TPSA) is 42.7 Å². The Morgan fingerprint density at radius 2 is 2.16 bits per heavy atom. The van der Waals surface area contributed by atoms with Crippen molar-refractivity contribution < 1.29 is 0 Å². The fourth-order valence-corrected chi connectivity index (χ4v) is 2.75. The van der Waals surface area contributed by atoms with Crippen LogP contribution < -0.4 is 5.32 Å². The molecule has 1 aliphatic rings. The molecule has 2 aromatic rings. The summed E-state index contributed by atoms with van der Waals surface area (Å²) in [6.45, 7) is 4.25. The summed E-state index contributed by atoms with van der Waals surface area (Å²) >= 11 is 0. The number of hydrogen-bond donors (Lipinski definition) is 1. The SMILES string of the molecule is Cc1ccc(-n2cncc2C2CCCC(C)N2)cn1. The molecule has 0 amide bonds. The van der Waals surface area contributed by atoms with Gasteiger partial charge in [0.2, 0.25) is 0 Å². The predicted molar refractivity (Wildman–Crippen MR) is 75.3 cm³/mol. The van der Waals surface area contributed by atoms with Crippen LogP contribution in [0.5, 0.6) is 0 Å². The molecular weight excluding hydrogens is 236 g/mol. The highest BCUT2D eigenvalue weighted by Crippen LogP contribution is 2.26. The number of pyridine rings is 1. The Hall–Kier alpha value is -1.68. The molecule has 4 nitrogen and oxygen atoms in total. The lowest BCUT2D eigenvalue weighted by molar-refractivity contribution is 0.334. The summed E-state index contributed by atoms with van der Waals surface area (Å²) in [6.07, 6.45) is 9.47. The number of aryl methyl sites for hydroxylation is 1. The third-order valence-electron chi connectivity index (χ3n) is 3.81. The number of nitrogens with zero attached hydrogens (tertiary/aromatic N) is 3. The molecule has 1 saturated heterocycles. The van der Waals surface area contributed by atoms with E-state index < -0.39 is 0 Å². The van der Waals surface area contributed by atoms with Gasteiger partial charge in [0.25, 0.3) is 0 Å². The van der Waals surface area contributed by atoms with Gasteiger partial charge in [0.15, 0.2) is 0 Å². The molecule has 0 bridgehead atoms. The van der Waals surface area contributed by atoms with Crippen molar-refractivity contribution in [1.82, 2.24) is 19.9 Å². The van der Waals surface area contributed by atoms with Crippen molar-refractivity contribution in [1.29, 1.82) is 0 Å². The lowest BCUT2D eigenvalue weighted by Crippen LogP contribution is -2.35. The standard InChI is InChI=1S/C15H20N4/c1-11-6-7-13(8-17-11)19-10-16-9-15(19)14-5-3-4-12(2)18-14/h6-10,12,14,18H,3-5H2,1-2H3. The first-order chi connectivity index (χ1) is 9.24. The maximum atomic E-state index is 4.37. The molecule has 2 atom stereocenters. The molecule has 0 aliphatic carbocycles. The number of piperidine rings is 1. The Labute approximate surface area is 113 Å². The van der Waals surface area contributed by atoms with Crippen molar-refractivity contribution in [2.45, 2.75) is 45.2 Å². The molecule has 2 unspecified atom stereocenters. The number of imidazole rings is 1. The fraction of sp³-hybridized carbons (Fsp3) is 0.467. The van der Waals surface area contributed by atoms with Crippen molar-refractivity contribution in [2.75, 3.05) is 0 Å². The average molecular weight is 256 g/mol. The molecule has 2 aromatic heterocycles. The van der Waals surface area contributed by atoms with Crippen LogP contribution in [0.15, 0.2) is 30.9 Å². The van der Waals surface area contributed by atoms with E-state index >= 15 is 0 Å². The highest BCUT2D eigenvalue weighted by atomic mass is 15.1. The van der Waals surface area contributed by atoms with E-state index in [1.807, 2.05) is 31.7 Å². The van der Waals surface area contributed by atoms with Crippen molar-refractivity contribution in [2.24, 2.45) is 0 Å². The Bertz CT molecular complexity index is 544. The van der Waals surface area contributed by atoms with E-state index in [2.05, 4.69) is 32.8 Å². The first-order valence-electron chi connectivity index (χ1n) is 6.95. The number of rotatable bonds is 2. The summed E-state index contributed by atoms with van der Waals surface area (Å²) in [6, 6.07) is 5.11. The Balaban J connectivity index is 1.91. The lowest BCUT2D eigenvalue weighted by Gasteiger charge is -2.29. The smallest absolute Gasteiger partial charge is 0.0995 e. The minimum Gasteiger partial charge on any atom is -0.306 e. The van der Waals surface area contributed by atoms with Crippen LogP contribution in [0.4, 0.5) is 0 Å². The molecule has 3 rings (SSSR count). The molecule has 0 saturated carbocycles. The first-order valence-corrected chi connectivity index (χ1v) is 6.95. The molecule has 100 valence electrons. The van der Waals surface area contributed by atoms with Crippen molar-refractivity contribution in [3.8, 4) is 5.69 Å². The fourth-order valence-electron chi connectivity index (χ4n) is 2.75. The monoisotopic (exact) mass is 256 g/mol. The van der Waals surface area contributed by atoms with Gasteiger partial charge in [0.05, 0.1) is 30.1 Å². The zero-order valence-corrected chi connectivity index (χ0v) is 11.5. The zero-order valence-electron chi connectivity index (χ0n) is 11.5. The van der Waals surface area contributed by atoms with Gasteiger partial charge in [-0.3, -0.25) is 4.98 Å². The van der Waals surface area contributed by atoms with Gasteiger partial charge in [-0.05, 0) is 45.2 Å². The van der Waals surface area contributed by atoms with Gasteiger partial charge in [-0.2, -0.15) is 0 Å². The largest absolute Gasteiger partial charge is 0.306 e. The van der Waals surface area contributed by atoms with Crippen LogP contribution >= 0.6 is 0 Å². The third kappa shape index (κ3) is 2.54. The molecule has 1 aliphatic heterocycles. The van der Waals surface area contributed by atoms with Gasteiger partial charge in [-0.1, -0.05) is 0 Å². The zero-order chi connectivity index (χ0) is 13.2. The molecule has 3 heterocycles. The predicted octanol–water partition coefficient (Wildman–Crippen LogP) is 2.78. The molecular formula is C15H20N4. The van der Waals surface area contributed by atoms with E-state index in [-0.39, 0.29) is 0 Å². The number of hydrogen-bond acceptors (Lipinski definition) is 3. The number of aromatic nitrogens is 3. The van der Waals surface area contributed by atoms with Gasteiger partial charge in [0, 0.05) is 17.8 Å². The van der Waals surface area contributed by atoms with Crippen molar-refractivity contribution in [3.63, 3.8) is 0 Å². The molecule has 19 heavy (non-hydrogen) atoms. The van der Waals surface area contributed by atoms with E-state index in [9.17, 15) is 0 Å². The van der Waals surface area contributed by atoms with Crippen LogP contribution in [0, 0.1) is 6.92 Å². The Morgan fingerprint density at radius 3 is 2.89 bits per heavy atom. The minimum absolute atomic E-state index is 0.396. The van der Waals surface area contributed by atoms with Crippen LogP contribution in [0.1, 0.15) is 43.6 Å². The first kappa shape index (κ1) is 12.4. The van der Waals surface area contributed by atoms with Gasteiger partial charge in [-0.25, -0.2) is 4.98 Å². The Morgan fingerprint density at radius 1 is 1.26 bits per heavy atom. The minimum atomic E-state index is 0.396. The van der Waals surface area contributed by atoms with Crippen LogP contribution in [-0.4, -0.2) is 20.6 Å². The van der Waals surface area contributed by atoms with E-state index in [1.54, 1.807) is 0 Å². The third-order valence-corrected chi connectivity index (χ3v) is 3.81. The van der Waals surface area contributed by atoms with Crippen LogP contribution in [-0.2, 0) is 0 Å². The highest BCUT2D eigenvalue weighted by molar-refractivity contribution is 5.32. The average Bonchev–Trinajstić information content (AvgIpc) is 2.89. The summed E-state index contributed by atoms with van der Waals surface area (Å²) in [7, 11) is 0. The van der Waals surface area contributed by atoms with E-state index in [0.29, 0.717) is 12.1 Å². The molecule has 4 heteroatoms. The second-order valence-corrected chi connectivity index (χ2v) is 5.40. The highest BCUT2D eigenvalue weighted by Gasteiger charge is 2.22. The molecule has 0 aromatic carbocycles. The molecule has 1 fully saturated rings. The molecule has 0 radical (unpaired) electrons. The molecule has 0 spiro atoms. The van der Waals surface area contributed by atoms with E-state index in [0.717, 1.165) is 11.4 Å². The maximum absolute atomic E-state index is 4.37. The quantitative estimate of drug-likeness (QED) is 0.898. The Kier molecular flexibility index (Phi) is 3.34. The van der Waals surface area contributed by atoms with Crippen molar-refractivity contribution >= 4 is 0 Å². The van der Waals surface area contributed by atoms with Gasteiger partial charge in [0.1, 0.15) is 0 Å². The number of nitrogens with one attached hydrogen (secondary N) is 1. The summed E-state index contributed by atoms with van der Waals surface area (Å²) in [5.41, 5.74) is 3.35. The van der Waals surface area contributed by atoms with Crippen LogP contribution in [0.3, 0.4) is 0 Å². The van der Waals surface area contributed by atoms with Crippen LogP contribution in [0.25, 0.3) is 5.69 Å². The second-order valence-electron chi connectivity index (χ2n) is 5.40. The maximum Gasteiger partial charge on any atom is 0.0995 e. The van der Waals surface area contributed by atoms with Crippen LogP contribution in [0.2, 0.25) is 0 Å². The van der Waals surface area contributed by atoms with Crippen molar-refractivity contribution in [3.05, 3.63) is 42.2 Å². The van der Waals surface area contributed by atoms with Gasteiger partial charge in [-0.15, -0.1) is 0 Å². The van der Waals surface area contributed by atoms with E-state index in [1.165, 1.54) is 25.0 Å². The van der Waals surface area contributed by atoms with Gasteiger partial charge >= 0.3 is 0 Å². The normalized spacial score (nSPS) is 23.5. The summed E-state index contributed by atoms with van der Waals surface area (Å²) < 4.78 is 2.14. The second kappa shape index (κ2) is 5.13. The lowest BCUT2D eigenvalue weighted by atomic mass is 9.97. The van der Waals surface area contributed by atoms with E-state index in [4.69, 9.17) is 0 Å². The molecule has 1 N–H and O–H groups in total. The summed E-state index contributed by atoms with van der Waals surface area (Å²) in [5.74, 6) is 0. The summed E-state index contributed by atoms with van der Waals surface area (Å²) in [4.78, 5) is 8.68. The van der Waals surface area contributed by atoms with Gasteiger partial charge < -0.3 is 9.88 Å². The summed E-state index contributed by atoms with van der Waals surface area (Å²) in [5, 5.41) is 3.66.